The van der Waals surface area contributed by atoms with Crippen LogP contribution in [-0.4, -0.2) is 39.5 Å². The summed E-state index contributed by atoms with van der Waals surface area (Å²) in [6.07, 6.45) is 4.76. The lowest BCUT2D eigenvalue weighted by atomic mass is 9.85. The fraction of sp³-hybridized carbons (Fsp3) is 0.435. The van der Waals surface area contributed by atoms with Crippen LogP contribution in [0.25, 0.3) is 11.1 Å². The number of oxazole rings is 1. The standard InChI is InChI=1S/C23H24Cl2N4O3/c1-11-5-14(16-9-27-10-18-21(16)32-23(26)28-18)7-19(31-11)22(30)29-4-3-13-6-15(24)8-17(25)20(13)12(29)2/h6,8-12,14,19H,3-5,7H2,1-2H3,(H2,26,28)/t11-,12+,14-,19-/m1/s1. The lowest BCUT2D eigenvalue weighted by Gasteiger charge is -2.40. The molecular formula is C23H24Cl2N4O3. The Kier molecular flexibility index (Phi) is 5.51. The van der Waals surface area contributed by atoms with Crippen LogP contribution in [0.15, 0.2) is 28.9 Å². The second-order valence-electron chi connectivity index (χ2n) is 8.65. The van der Waals surface area contributed by atoms with Crippen molar-refractivity contribution >= 4 is 46.2 Å². The Morgan fingerprint density at radius 3 is 2.84 bits per heavy atom. The minimum Gasteiger partial charge on any atom is -0.423 e. The minimum absolute atomic E-state index is 0.0251. The van der Waals surface area contributed by atoms with Gasteiger partial charge in [-0.05, 0) is 62.3 Å². The molecule has 3 aromatic rings. The van der Waals surface area contributed by atoms with Gasteiger partial charge in [-0.1, -0.05) is 23.2 Å². The molecule has 0 aliphatic carbocycles. The molecule has 2 N–H and O–H groups in total. The van der Waals surface area contributed by atoms with E-state index >= 15 is 0 Å². The highest BCUT2D eigenvalue weighted by Crippen LogP contribution is 2.40. The van der Waals surface area contributed by atoms with Gasteiger partial charge in [-0.25, -0.2) is 0 Å². The van der Waals surface area contributed by atoms with E-state index in [-0.39, 0.29) is 30.0 Å². The van der Waals surface area contributed by atoms with Gasteiger partial charge in [0.2, 0.25) is 0 Å². The average molecular weight is 475 g/mol. The number of anilines is 1. The zero-order chi connectivity index (χ0) is 22.6. The largest absolute Gasteiger partial charge is 0.423 e. The molecule has 1 fully saturated rings. The van der Waals surface area contributed by atoms with Gasteiger partial charge in [0.05, 0.1) is 18.3 Å². The van der Waals surface area contributed by atoms with Crippen LogP contribution in [0.3, 0.4) is 0 Å². The van der Waals surface area contributed by atoms with E-state index in [1.54, 1.807) is 18.5 Å². The summed E-state index contributed by atoms with van der Waals surface area (Å²) in [4.78, 5) is 24.0. The Balaban J connectivity index is 1.41. The van der Waals surface area contributed by atoms with E-state index in [1.165, 1.54) is 0 Å². The third-order valence-corrected chi connectivity index (χ3v) is 7.07. The number of hydrogen-bond donors (Lipinski definition) is 1. The second-order valence-corrected chi connectivity index (χ2v) is 9.49. The Labute approximate surface area is 195 Å². The molecule has 2 aromatic heterocycles. The number of fused-ring (bicyclic) bond motifs is 2. The lowest BCUT2D eigenvalue weighted by molar-refractivity contribution is -0.155. The van der Waals surface area contributed by atoms with Gasteiger partial charge in [0.1, 0.15) is 11.6 Å². The molecule has 2 aliphatic rings. The lowest BCUT2D eigenvalue weighted by Crippen LogP contribution is -2.48. The number of nitrogens with zero attached hydrogens (tertiary/aromatic N) is 3. The molecule has 0 spiro atoms. The maximum Gasteiger partial charge on any atom is 0.293 e. The first kappa shape index (κ1) is 21.5. The monoisotopic (exact) mass is 474 g/mol. The number of carbonyl (C=O) groups is 1. The highest BCUT2D eigenvalue weighted by Gasteiger charge is 2.39. The van der Waals surface area contributed by atoms with Crippen LogP contribution in [0.5, 0.6) is 0 Å². The van der Waals surface area contributed by atoms with Crippen LogP contribution in [-0.2, 0) is 16.0 Å². The van der Waals surface area contributed by atoms with E-state index in [0.717, 1.165) is 23.1 Å². The van der Waals surface area contributed by atoms with Crippen molar-refractivity contribution in [1.29, 1.82) is 0 Å². The molecule has 4 heterocycles. The SMILES string of the molecule is C[C@@H]1C[C@@H](c2cncc3nc(N)oc23)C[C@H](C(=O)N2CCc3cc(Cl)cc(Cl)c3[C@@H]2C)O1. The molecule has 0 radical (unpaired) electrons. The Bertz CT molecular complexity index is 1200. The van der Waals surface area contributed by atoms with Crippen LogP contribution >= 0.6 is 23.2 Å². The Morgan fingerprint density at radius 1 is 1.22 bits per heavy atom. The number of nitrogen functional groups attached to an aromatic ring is 1. The number of rotatable bonds is 2. The van der Waals surface area contributed by atoms with Crippen molar-refractivity contribution in [2.45, 2.75) is 57.3 Å². The van der Waals surface area contributed by atoms with Crippen molar-refractivity contribution in [2.24, 2.45) is 0 Å². The second kappa shape index (κ2) is 8.21. The van der Waals surface area contributed by atoms with Crippen molar-refractivity contribution in [1.82, 2.24) is 14.9 Å². The van der Waals surface area contributed by atoms with Gasteiger partial charge in [-0.15, -0.1) is 0 Å². The molecule has 0 saturated carbocycles. The van der Waals surface area contributed by atoms with Gasteiger partial charge in [0, 0.05) is 28.4 Å². The van der Waals surface area contributed by atoms with E-state index in [2.05, 4.69) is 9.97 Å². The summed E-state index contributed by atoms with van der Waals surface area (Å²) in [5.41, 5.74) is 9.97. The predicted molar refractivity (Wildman–Crippen MR) is 123 cm³/mol. The molecule has 2 aliphatic heterocycles. The van der Waals surface area contributed by atoms with Crippen LogP contribution in [0.2, 0.25) is 10.0 Å². The Hall–Kier alpha value is -2.35. The summed E-state index contributed by atoms with van der Waals surface area (Å²) in [7, 11) is 0. The van der Waals surface area contributed by atoms with Crippen molar-refractivity contribution in [3.05, 3.63) is 51.3 Å². The number of benzene rings is 1. The van der Waals surface area contributed by atoms with Gasteiger partial charge in [-0.3, -0.25) is 9.78 Å². The molecule has 9 heteroatoms. The minimum atomic E-state index is -0.561. The number of ether oxygens (including phenoxy) is 1. The first-order valence-corrected chi connectivity index (χ1v) is 11.5. The summed E-state index contributed by atoms with van der Waals surface area (Å²) in [6.45, 7) is 4.59. The number of aromatic nitrogens is 2. The first-order valence-electron chi connectivity index (χ1n) is 10.8. The number of halogens is 2. The fourth-order valence-electron chi connectivity index (χ4n) is 5.13. The summed E-state index contributed by atoms with van der Waals surface area (Å²) in [5.74, 6) is 0.0222. The smallest absolute Gasteiger partial charge is 0.293 e. The summed E-state index contributed by atoms with van der Waals surface area (Å²) < 4.78 is 11.8. The molecule has 32 heavy (non-hydrogen) atoms. The quantitative estimate of drug-likeness (QED) is 0.566. The maximum atomic E-state index is 13.6. The number of pyridine rings is 1. The predicted octanol–water partition coefficient (Wildman–Crippen LogP) is 4.91. The maximum absolute atomic E-state index is 13.6. The van der Waals surface area contributed by atoms with Gasteiger partial charge >= 0.3 is 0 Å². The van der Waals surface area contributed by atoms with Gasteiger partial charge in [-0.2, -0.15) is 4.98 Å². The van der Waals surface area contributed by atoms with E-state index in [4.69, 9.17) is 38.1 Å². The number of carbonyl (C=O) groups excluding carboxylic acids is 1. The van der Waals surface area contributed by atoms with Crippen molar-refractivity contribution in [2.75, 3.05) is 12.3 Å². The third kappa shape index (κ3) is 3.72. The Morgan fingerprint density at radius 2 is 2.03 bits per heavy atom. The van der Waals surface area contributed by atoms with E-state index in [9.17, 15) is 4.79 Å². The average Bonchev–Trinajstić information content (AvgIpc) is 3.12. The summed E-state index contributed by atoms with van der Waals surface area (Å²) in [6, 6.07) is 3.63. The topological polar surface area (TPSA) is 94.5 Å². The highest BCUT2D eigenvalue weighted by molar-refractivity contribution is 6.35. The molecule has 1 aromatic carbocycles. The third-order valence-electron chi connectivity index (χ3n) is 6.54. The van der Waals surface area contributed by atoms with E-state index in [0.29, 0.717) is 40.5 Å². The highest BCUT2D eigenvalue weighted by atomic mass is 35.5. The zero-order valence-electron chi connectivity index (χ0n) is 17.8. The molecule has 1 amide bonds. The van der Waals surface area contributed by atoms with Gasteiger partial charge in [0.15, 0.2) is 5.58 Å². The zero-order valence-corrected chi connectivity index (χ0v) is 19.4. The first-order chi connectivity index (χ1) is 15.3. The molecule has 4 atom stereocenters. The molecule has 168 valence electrons. The molecule has 5 rings (SSSR count). The summed E-state index contributed by atoms with van der Waals surface area (Å²) in [5, 5.41) is 1.21. The van der Waals surface area contributed by atoms with Crippen molar-refractivity contribution in [3.63, 3.8) is 0 Å². The molecule has 0 unspecified atom stereocenters. The van der Waals surface area contributed by atoms with Gasteiger partial charge in [0.25, 0.3) is 11.9 Å². The van der Waals surface area contributed by atoms with Crippen molar-refractivity contribution in [3.8, 4) is 0 Å². The molecular weight excluding hydrogens is 451 g/mol. The van der Waals surface area contributed by atoms with Crippen LogP contribution < -0.4 is 5.73 Å². The van der Waals surface area contributed by atoms with Crippen LogP contribution in [0.4, 0.5) is 6.01 Å². The number of nitrogens with two attached hydrogens (primary N) is 1. The normalized spacial score (nSPS) is 25.7. The van der Waals surface area contributed by atoms with Crippen molar-refractivity contribution < 1.29 is 13.9 Å². The molecule has 1 saturated heterocycles. The summed E-state index contributed by atoms with van der Waals surface area (Å²) >= 11 is 12.7. The molecule has 7 nitrogen and oxygen atoms in total. The molecule has 0 bridgehead atoms. The fourth-order valence-corrected chi connectivity index (χ4v) is 5.82. The van der Waals surface area contributed by atoms with E-state index < -0.39 is 6.10 Å². The van der Waals surface area contributed by atoms with Gasteiger partial charge < -0.3 is 19.8 Å². The number of amides is 1. The van der Waals surface area contributed by atoms with E-state index in [1.807, 2.05) is 24.8 Å². The van der Waals surface area contributed by atoms with Crippen LogP contribution in [0, 0.1) is 0 Å². The van der Waals surface area contributed by atoms with Crippen LogP contribution in [0.1, 0.15) is 55.3 Å². The number of hydrogen-bond acceptors (Lipinski definition) is 6.